The molecule has 146 valence electrons. The van der Waals surface area contributed by atoms with Gasteiger partial charge in [0.05, 0.1) is 11.6 Å². The number of aromatic nitrogens is 4. The van der Waals surface area contributed by atoms with Gasteiger partial charge in [0.25, 0.3) is 0 Å². The molecule has 2 aromatic rings. The lowest BCUT2D eigenvalue weighted by atomic mass is 9.76. The van der Waals surface area contributed by atoms with Crippen molar-refractivity contribution >= 4 is 17.3 Å². The van der Waals surface area contributed by atoms with Gasteiger partial charge in [0.15, 0.2) is 5.82 Å². The Kier molecular flexibility index (Phi) is 5.40. The van der Waals surface area contributed by atoms with E-state index in [-0.39, 0.29) is 5.54 Å². The molecule has 0 amide bonds. The van der Waals surface area contributed by atoms with Crippen LogP contribution >= 0.6 is 11.6 Å². The molecule has 1 heterocycles. The minimum atomic E-state index is -0.216. The standard InChI is InChI=1S/C21H30ClN5/c1-15-10-12-21(13-11-15,23-17-9-8-16(2)19(22)14-17)20-24-25-26-27(20)18-6-4-3-5-7-18/h8-9,14-15,18,23H,3-7,10-13H2,1-2H3. The third kappa shape index (κ3) is 3.84. The fourth-order valence-electron chi connectivity index (χ4n) is 4.69. The molecule has 6 heteroatoms. The molecule has 0 radical (unpaired) electrons. The van der Waals surface area contributed by atoms with Gasteiger partial charge in [-0.25, -0.2) is 4.68 Å². The average Bonchev–Trinajstić information content (AvgIpc) is 3.18. The molecule has 1 N–H and O–H groups in total. The lowest BCUT2D eigenvalue weighted by molar-refractivity contribution is 0.232. The summed E-state index contributed by atoms with van der Waals surface area (Å²) in [5, 5.41) is 17.7. The Labute approximate surface area is 166 Å². The maximum atomic E-state index is 6.39. The zero-order valence-corrected chi connectivity index (χ0v) is 17.2. The minimum Gasteiger partial charge on any atom is -0.373 e. The van der Waals surface area contributed by atoms with Crippen molar-refractivity contribution in [3.63, 3.8) is 0 Å². The third-order valence-corrected chi connectivity index (χ3v) is 6.93. The van der Waals surface area contributed by atoms with E-state index >= 15 is 0 Å². The van der Waals surface area contributed by atoms with Crippen molar-refractivity contribution in [2.45, 2.75) is 83.2 Å². The number of anilines is 1. The van der Waals surface area contributed by atoms with Crippen molar-refractivity contribution in [1.29, 1.82) is 0 Å². The molecule has 0 aliphatic heterocycles. The lowest BCUT2D eigenvalue weighted by Gasteiger charge is -2.40. The Hall–Kier alpha value is -1.62. The molecule has 2 aliphatic rings. The van der Waals surface area contributed by atoms with E-state index in [0.717, 1.165) is 40.9 Å². The fourth-order valence-corrected chi connectivity index (χ4v) is 4.87. The first-order chi connectivity index (χ1) is 13.1. The van der Waals surface area contributed by atoms with E-state index in [0.29, 0.717) is 6.04 Å². The number of nitrogens with zero attached hydrogens (tertiary/aromatic N) is 4. The topological polar surface area (TPSA) is 55.6 Å². The number of rotatable bonds is 4. The quantitative estimate of drug-likeness (QED) is 0.735. The summed E-state index contributed by atoms with van der Waals surface area (Å²) in [6, 6.07) is 6.66. The zero-order chi connectivity index (χ0) is 18.9. The van der Waals surface area contributed by atoms with Gasteiger partial charge in [0.1, 0.15) is 0 Å². The van der Waals surface area contributed by atoms with Gasteiger partial charge in [0.2, 0.25) is 0 Å². The molecule has 2 aliphatic carbocycles. The monoisotopic (exact) mass is 387 g/mol. The Morgan fingerprint density at radius 3 is 2.56 bits per heavy atom. The summed E-state index contributed by atoms with van der Waals surface area (Å²) in [4.78, 5) is 0. The summed E-state index contributed by atoms with van der Waals surface area (Å²) >= 11 is 6.39. The van der Waals surface area contributed by atoms with Gasteiger partial charge in [-0.1, -0.05) is 43.9 Å². The number of hydrogen-bond acceptors (Lipinski definition) is 4. The van der Waals surface area contributed by atoms with Crippen molar-refractivity contribution in [3.05, 3.63) is 34.6 Å². The van der Waals surface area contributed by atoms with Crippen LogP contribution in [-0.4, -0.2) is 20.2 Å². The highest BCUT2D eigenvalue weighted by Gasteiger charge is 2.41. The first kappa shape index (κ1) is 18.7. The van der Waals surface area contributed by atoms with Crippen molar-refractivity contribution in [2.75, 3.05) is 5.32 Å². The number of nitrogens with one attached hydrogen (secondary N) is 1. The predicted octanol–water partition coefficient (Wildman–Crippen LogP) is 5.66. The van der Waals surface area contributed by atoms with E-state index in [2.05, 4.69) is 44.6 Å². The molecule has 1 aromatic heterocycles. The lowest BCUT2D eigenvalue weighted by Crippen LogP contribution is -2.42. The normalized spacial score (nSPS) is 26.9. The van der Waals surface area contributed by atoms with E-state index in [4.69, 9.17) is 11.6 Å². The first-order valence-corrected chi connectivity index (χ1v) is 10.8. The van der Waals surface area contributed by atoms with Crippen molar-refractivity contribution in [2.24, 2.45) is 5.92 Å². The summed E-state index contributed by atoms with van der Waals surface area (Å²) in [6.45, 7) is 4.38. The van der Waals surface area contributed by atoms with Crippen LogP contribution in [0, 0.1) is 12.8 Å². The molecule has 5 nitrogen and oxygen atoms in total. The van der Waals surface area contributed by atoms with Crippen LogP contribution in [0.25, 0.3) is 0 Å². The second kappa shape index (κ2) is 7.78. The number of hydrogen-bond donors (Lipinski definition) is 1. The average molecular weight is 388 g/mol. The summed E-state index contributed by atoms with van der Waals surface area (Å²) in [7, 11) is 0. The SMILES string of the molecule is Cc1ccc(NC2(c3nnnn3C3CCCCC3)CCC(C)CC2)cc1Cl. The molecule has 1 aromatic carbocycles. The Balaban J connectivity index is 1.69. The summed E-state index contributed by atoms with van der Waals surface area (Å²) in [5.41, 5.74) is 1.94. The minimum absolute atomic E-state index is 0.216. The fraction of sp³-hybridized carbons (Fsp3) is 0.667. The summed E-state index contributed by atoms with van der Waals surface area (Å²) in [6.07, 6.45) is 10.7. The van der Waals surface area contributed by atoms with Crippen LogP contribution in [0.3, 0.4) is 0 Å². The van der Waals surface area contributed by atoms with Gasteiger partial charge in [0, 0.05) is 10.7 Å². The van der Waals surface area contributed by atoms with Crippen LogP contribution in [0.2, 0.25) is 5.02 Å². The number of aryl methyl sites for hydroxylation is 1. The third-order valence-electron chi connectivity index (χ3n) is 6.52. The van der Waals surface area contributed by atoms with Gasteiger partial charge in [-0.15, -0.1) is 5.10 Å². The van der Waals surface area contributed by atoms with Crippen molar-refractivity contribution < 1.29 is 0 Å². The molecule has 4 rings (SSSR count). The number of halogens is 1. The highest BCUT2D eigenvalue weighted by Crippen LogP contribution is 2.43. The number of benzene rings is 1. The van der Waals surface area contributed by atoms with E-state index in [1.165, 1.54) is 44.9 Å². The Morgan fingerprint density at radius 1 is 1.11 bits per heavy atom. The van der Waals surface area contributed by atoms with E-state index in [9.17, 15) is 0 Å². The molecular weight excluding hydrogens is 358 g/mol. The molecule has 0 unspecified atom stereocenters. The highest BCUT2D eigenvalue weighted by atomic mass is 35.5. The predicted molar refractivity (Wildman–Crippen MR) is 109 cm³/mol. The maximum Gasteiger partial charge on any atom is 0.177 e. The van der Waals surface area contributed by atoms with Gasteiger partial charge < -0.3 is 5.32 Å². The molecule has 0 atom stereocenters. The van der Waals surface area contributed by atoms with E-state index in [1.54, 1.807) is 0 Å². The zero-order valence-electron chi connectivity index (χ0n) is 16.4. The van der Waals surface area contributed by atoms with Crippen LogP contribution in [0.15, 0.2) is 18.2 Å². The highest BCUT2D eigenvalue weighted by molar-refractivity contribution is 6.31. The van der Waals surface area contributed by atoms with E-state index < -0.39 is 0 Å². The van der Waals surface area contributed by atoms with E-state index in [1.807, 2.05) is 13.0 Å². The van der Waals surface area contributed by atoms with Crippen LogP contribution in [0.5, 0.6) is 0 Å². The van der Waals surface area contributed by atoms with Crippen LogP contribution < -0.4 is 5.32 Å². The van der Waals surface area contributed by atoms with Crippen LogP contribution in [0.4, 0.5) is 5.69 Å². The summed E-state index contributed by atoms with van der Waals surface area (Å²) < 4.78 is 2.14. The van der Waals surface area contributed by atoms with Crippen LogP contribution in [0.1, 0.15) is 82.1 Å². The summed E-state index contributed by atoms with van der Waals surface area (Å²) in [5.74, 6) is 1.76. The van der Waals surface area contributed by atoms with Crippen molar-refractivity contribution in [1.82, 2.24) is 20.2 Å². The first-order valence-electron chi connectivity index (χ1n) is 10.4. The Bertz CT molecular complexity index is 773. The molecular formula is C21H30ClN5. The van der Waals surface area contributed by atoms with Gasteiger partial charge >= 0.3 is 0 Å². The number of tetrazole rings is 1. The van der Waals surface area contributed by atoms with Gasteiger partial charge in [-0.2, -0.15) is 0 Å². The molecule has 2 saturated carbocycles. The van der Waals surface area contributed by atoms with Gasteiger partial charge in [-0.3, -0.25) is 0 Å². The maximum absolute atomic E-state index is 6.39. The largest absolute Gasteiger partial charge is 0.373 e. The molecule has 0 saturated heterocycles. The van der Waals surface area contributed by atoms with Gasteiger partial charge in [-0.05, 0) is 79.5 Å². The Morgan fingerprint density at radius 2 is 1.85 bits per heavy atom. The molecule has 27 heavy (non-hydrogen) atoms. The molecule has 2 fully saturated rings. The second-order valence-electron chi connectivity index (χ2n) is 8.59. The molecule has 0 bridgehead atoms. The molecule has 0 spiro atoms. The smallest absolute Gasteiger partial charge is 0.177 e. The second-order valence-corrected chi connectivity index (χ2v) is 9.00. The van der Waals surface area contributed by atoms with Crippen LogP contribution in [-0.2, 0) is 5.54 Å². The van der Waals surface area contributed by atoms with Crippen molar-refractivity contribution in [3.8, 4) is 0 Å².